The van der Waals surface area contributed by atoms with Gasteiger partial charge in [-0.3, -0.25) is 5.73 Å². The Kier molecular flexibility index (Phi) is 4.37. The average molecular weight is 362 g/mol. The lowest BCUT2D eigenvalue weighted by atomic mass is 9.86. The van der Waals surface area contributed by atoms with E-state index in [1.165, 1.54) is 25.4 Å². The molecule has 1 unspecified atom stereocenters. The van der Waals surface area contributed by atoms with Crippen molar-refractivity contribution >= 4 is 11.5 Å². The second-order valence-corrected chi connectivity index (χ2v) is 5.74. The SMILES string of the molecule is COc1ccccc1C1(N)N=C(N)NC=C1c1ccc(C(F)(F)F)cc1. The summed E-state index contributed by atoms with van der Waals surface area (Å²) in [6.45, 7) is 0. The number of rotatable bonds is 3. The fourth-order valence-corrected chi connectivity index (χ4v) is 2.85. The molecule has 0 bridgehead atoms. The van der Waals surface area contributed by atoms with Crippen LogP contribution in [0.1, 0.15) is 16.7 Å². The lowest BCUT2D eigenvalue weighted by Gasteiger charge is -2.33. The number of aliphatic imine (C=N–C) groups is 1. The average Bonchev–Trinajstić information content (AvgIpc) is 2.61. The van der Waals surface area contributed by atoms with Gasteiger partial charge in [-0.2, -0.15) is 13.2 Å². The lowest BCUT2D eigenvalue weighted by Crippen LogP contribution is -2.45. The number of ether oxygens (including phenoxy) is 1. The van der Waals surface area contributed by atoms with Gasteiger partial charge < -0.3 is 15.8 Å². The summed E-state index contributed by atoms with van der Waals surface area (Å²) >= 11 is 0. The molecule has 5 N–H and O–H groups in total. The highest BCUT2D eigenvalue weighted by molar-refractivity contribution is 5.88. The minimum Gasteiger partial charge on any atom is -0.496 e. The maximum atomic E-state index is 12.8. The quantitative estimate of drug-likeness (QED) is 0.784. The minimum atomic E-state index is -4.41. The van der Waals surface area contributed by atoms with E-state index in [2.05, 4.69) is 10.3 Å². The Hall–Kier alpha value is -3.00. The van der Waals surface area contributed by atoms with E-state index in [-0.39, 0.29) is 5.96 Å². The Bertz CT molecular complexity index is 875. The molecule has 5 nitrogen and oxygen atoms in total. The Labute approximate surface area is 148 Å². The van der Waals surface area contributed by atoms with Gasteiger partial charge in [-0.15, -0.1) is 0 Å². The molecule has 2 aromatic carbocycles. The van der Waals surface area contributed by atoms with Gasteiger partial charge in [0.25, 0.3) is 0 Å². The zero-order valence-electron chi connectivity index (χ0n) is 13.8. The van der Waals surface area contributed by atoms with Crippen molar-refractivity contribution in [2.45, 2.75) is 11.8 Å². The zero-order valence-corrected chi connectivity index (χ0v) is 13.8. The van der Waals surface area contributed by atoms with Crippen LogP contribution in [0.25, 0.3) is 5.57 Å². The summed E-state index contributed by atoms with van der Waals surface area (Å²) in [4.78, 5) is 4.31. The number of para-hydroxylation sites is 1. The monoisotopic (exact) mass is 362 g/mol. The molecule has 136 valence electrons. The van der Waals surface area contributed by atoms with Gasteiger partial charge >= 0.3 is 6.18 Å². The second kappa shape index (κ2) is 6.38. The molecule has 0 fully saturated rings. The van der Waals surface area contributed by atoms with E-state index in [1.54, 1.807) is 24.3 Å². The summed E-state index contributed by atoms with van der Waals surface area (Å²) < 4.78 is 43.8. The third-order valence-electron chi connectivity index (χ3n) is 4.11. The van der Waals surface area contributed by atoms with E-state index < -0.39 is 17.4 Å². The molecule has 1 aliphatic heterocycles. The van der Waals surface area contributed by atoms with Crippen molar-refractivity contribution in [1.29, 1.82) is 0 Å². The molecular formula is C18H17F3N4O. The first-order valence-electron chi connectivity index (χ1n) is 7.68. The van der Waals surface area contributed by atoms with Gasteiger partial charge in [0.2, 0.25) is 0 Å². The molecular weight excluding hydrogens is 345 g/mol. The van der Waals surface area contributed by atoms with Crippen molar-refractivity contribution in [3.05, 3.63) is 71.4 Å². The Morgan fingerprint density at radius 1 is 1.08 bits per heavy atom. The van der Waals surface area contributed by atoms with Crippen LogP contribution in [0, 0.1) is 0 Å². The van der Waals surface area contributed by atoms with Crippen molar-refractivity contribution < 1.29 is 17.9 Å². The molecule has 0 saturated carbocycles. The highest BCUT2D eigenvalue weighted by atomic mass is 19.4. The van der Waals surface area contributed by atoms with Crippen LogP contribution in [0.2, 0.25) is 0 Å². The highest BCUT2D eigenvalue weighted by Crippen LogP contribution is 2.41. The lowest BCUT2D eigenvalue weighted by molar-refractivity contribution is -0.137. The van der Waals surface area contributed by atoms with Crippen LogP contribution in [0.3, 0.4) is 0 Å². The van der Waals surface area contributed by atoms with Crippen molar-refractivity contribution in [3.63, 3.8) is 0 Å². The molecule has 1 aliphatic rings. The van der Waals surface area contributed by atoms with Crippen molar-refractivity contribution in [1.82, 2.24) is 5.32 Å². The molecule has 0 aliphatic carbocycles. The maximum Gasteiger partial charge on any atom is 0.416 e. The zero-order chi connectivity index (χ0) is 18.9. The molecule has 1 atom stereocenters. The summed E-state index contributed by atoms with van der Waals surface area (Å²) in [7, 11) is 1.50. The van der Waals surface area contributed by atoms with E-state index >= 15 is 0 Å². The molecule has 8 heteroatoms. The third-order valence-corrected chi connectivity index (χ3v) is 4.11. The van der Waals surface area contributed by atoms with Gasteiger partial charge in [-0.1, -0.05) is 30.3 Å². The van der Waals surface area contributed by atoms with Crippen LogP contribution in [-0.2, 0) is 11.8 Å². The number of alkyl halides is 3. The number of benzene rings is 2. The summed E-state index contributed by atoms with van der Waals surface area (Å²) in [6.07, 6.45) is -2.87. The normalized spacial score (nSPS) is 20.0. The minimum absolute atomic E-state index is 0.0917. The predicted octanol–water partition coefficient (Wildman–Crippen LogP) is 2.78. The first kappa shape index (κ1) is 17.8. The summed E-state index contributed by atoms with van der Waals surface area (Å²) in [5, 5.41) is 2.76. The molecule has 3 rings (SSSR count). The molecule has 26 heavy (non-hydrogen) atoms. The third kappa shape index (κ3) is 3.11. The molecule has 0 amide bonds. The topological polar surface area (TPSA) is 85.7 Å². The number of guanidine groups is 1. The van der Waals surface area contributed by atoms with E-state index in [0.717, 1.165) is 12.1 Å². The van der Waals surface area contributed by atoms with Gasteiger partial charge in [-0.25, -0.2) is 4.99 Å². The highest BCUT2D eigenvalue weighted by Gasteiger charge is 2.38. The molecule has 1 heterocycles. The van der Waals surface area contributed by atoms with Gasteiger partial charge in [0.05, 0.1) is 12.7 Å². The maximum absolute atomic E-state index is 12.8. The number of hydrogen-bond donors (Lipinski definition) is 3. The number of hydrogen-bond acceptors (Lipinski definition) is 5. The number of nitrogens with two attached hydrogens (primary N) is 2. The smallest absolute Gasteiger partial charge is 0.416 e. The Morgan fingerprint density at radius 3 is 2.35 bits per heavy atom. The predicted molar refractivity (Wildman–Crippen MR) is 93.0 cm³/mol. The van der Waals surface area contributed by atoms with E-state index in [4.69, 9.17) is 16.2 Å². The standard InChI is InChI=1S/C18H17F3N4O/c1-26-15-5-3-2-4-13(15)17(23)14(10-24-16(22)25-17)11-6-8-12(9-7-11)18(19,20)21/h2-10H,23H2,1H3,(H3,22,24,25). The van der Waals surface area contributed by atoms with Gasteiger partial charge in [0.1, 0.15) is 5.75 Å². The van der Waals surface area contributed by atoms with Gasteiger partial charge in [0.15, 0.2) is 11.6 Å². The van der Waals surface area contributed by atoms with E-state index in [1.807, 2.05) is 0 Å². The van der Waals surface area contributed by atoms with Crippen molar-refractivity contribution in [2.24, 2.45) is 16.5 Å². The summed E-state index contributed by atoms with van der Waals surface area (Å²) in [6, 6.07) is 11.7. The number of halogens is 3. The van der Waals surface area contributed by atoms with Crippen LogP contribution < -0.4 is 21.5 Å². The van der Waals surface area contributed by atoms with Crippen LogP contribution in [0.5, 0.6) is 5.75 Å². The van der Waals surface area contributed by atoms with Crippen LogP contribution in [0.4, 0.5) is 13.2 Å². The van der Waals surface area contributed by atoms with Gasteiger partial charge in [-0.05, 0) is 23.8 Å². The van der Waals surface area contributed by atoms with E-state index in [9.17, 15) is 13.2 Å². The number of methoxy groups -OCH3 is 1. The Morgan fingerprint density at radius 2 is 1.73 bits per heavy atom. The summed E-state index contributed by atoms with van der Waals surface area (Å²) in [5.74, 6) is 0.584. The fraction of sp³-hybridized carbons (Fsp3) is 0.167. The van der Waals surface area contributed by atoms with E-state index in [0.29, 0.717) is 22.4 Å². The molecule has 0 aromatic heterocycles. The molecule has 0 radical (unpaired) electrons. The fourth-order valence-electron chi connectivity index (χ4n) is 2.85. The Balaban J connectivity index is 2.11. The largest absolute Gasteiger partial charge is 0.496 e. The first-order valence-corrected chi connectivity index (χ1v) is 7.68. The van der Waals surface area contributed by atoms with Crippen LogP contribution in [0.15, 0.2) is 59.7 Å². The van der Waals surface area contributed by atoms with Crippen molar-refractivity contribution in [3.8, 4) is 5.75 Å². The van der Waals surface area contributed by atoms with Crippen LogP contribution in [-0.4, -0.2) is 13.1 Å². The number of nitrogens with zero attached hydrogens (tertiary/aromatic N) is 1. The molecule has 0 saturated heterocycles. The first-order chi connectivity index (χ1) is 12.3. The number of nitrogens with one attached hydrogen (secondary N) is 1. The molecule has 0 spiro atoms. The summed E-state index contributed by atoms with van der Waals surface area (Å²) in [5.41, 5.74) is 11.7. The molecule has 2 aromatic rings. The van der Waals surface area contributed by atoms with Crippen molar-refractivity contribution in [2.75, 3.05) is 7.11 Å². The van der Waals surface area contributed by atoms with Gasteiger partial charge in [0, 0.05) is 17.3 Å². The second-order valence-electron chi connectivity index (χ2n) is 5.74. The van der Waals surface area contributed by atoms with Crippen LogP contribution >= 0.6 is 0 Å².